The van der Waals surface area contributed by atoms with Crippen LogP contribution in [0.2, 0.25) is 0 Å². The summed E-state index contributed by atoms with van der Waals surface area (Å²) in [6.45, 7) is 0.521. The second-order valence-corrected chi connectivity index (χ2v) is 7.46. The molecule has 1 unspecified atom stereocenters. The Hall–Kier alpha value is -3.34. The number of anilines is 1. The first-order chi connectivity index (χ1) is 14.1. The number of aliphatic carboxylic acids is 1. The Morgan fingerprint density at radius 3 is 2.76 bits per heavy atom. The Bertz CT molecular complexity index is 1030. The second kappa shape index (κ2) is 8.35. The molecule has 4 rings (SSSR count). The van der Waals surface area contributed by atoms with Crippen molar-refractivity contribution in [2.75, 3.05) is 12.3 Å². The molecular weight excluding hydrogens is 364 g/mol. The Morgan fingerprint density at radius 2 is 1.93 bits per heavy atom. The lowest BCUT2D eigenvalue weighted by Crippen LogP contribution is -2.09. The standard InChI is InChI=1S/C24H24N2O3/c25-23-7-3-5-20(26-23)10-11-29-21-9-8-16-12-19(15-24(27)28)22-6-2-1-4-17(22)13-18(16)14-21/h1-9,14,19H,10-13,15H2,(H2,25,26)(H,27,28). The van der Waals surface area contributed by atoms with Crippen LogP contribution in [0.5, 0.6) is 5.75 Å². The van der Waals surface area contributed by atoms with Gasteiger partial charge in [0.2, 0.25) is 0 Å². The van der Waals surface area contributed by atoms with E-state index in [1.165, 1.54) is 16.7 Å². The van der Waals surface area contributed by atoms with E-state index in [1.54, 1.807) is 6.07 Å². The van der Waals surface area contributed by atoms with Gasteiger partial charge < -0.3 is 15.6 Å². The SMILES string of the molecule is Nc1cccc(CCOc2ccc3c(c2)Cc2ccccc2C(CC(=O)O)C3)n1. The Balaban J connectivity index is 1.51. The minimum atomic E-state index is -0.761. The average Bonchev–Trinajstić information content (AvgIpc) is 2.84. The van der Waals surface area contributed by atoms with Crippen LogP contribution < -0.4 is 10.5 Å². The number of benzene rings is 2. The van der Waals surface area contributed by atoms with Gasteiger partial charge in [-0.2, -0.15) is 0 Å². The zero-order chi connectivity index (χ0) is 20.2. The lowest BCUT2D eigenvalue weighted by atomic mass is 9.89. The summed E-state index contributed by atoms with van der Waals surface area (Å²) in [5.74, 6) is 0.568. The van der Waals surface area contributed by atoms with Crippen molar-refractivity contribution >= 4 is 11.8 Å². The molecule has 1 heterocycles. The third-order valence-corrected chi connectivity index (χ3v) is 5.40. The number of hydrogen-bond acceptors (Lipinski definition) is 4. The van der Waals surface area contributed by atoms with E-state index >= 15 is 0 Å². The van der Waals surface area contributed by atoms with Crippen molar-refractivity contribution in [1.82, 2.24) is 4.98 Å². The van der Waals surface area contributed by atoms with Gasteiger partial charge in [-0.25, -0.2) is 4.98 Å². The molecule has 5 heteroatoms. The lowest BCUT2D eigenvalue weighted by Gasteiger charge is -2.16. The molecule has 1 atom stereocenters. The first-order valence-electron chi connectivity index (χ1n) is 9.84. The van der Waals surface area contributed by atoms with Gasteiger partial charge in [0.25, 0.3) is 0 Å². The third-order valence-electron chi connectivity index (χ3n) is 5.40. The molecule has 0 amide bonds. The number of carbonyl (C=O) groups is 1. The van der Waals surface area contributed by atoms with Crippen LogP contribution in [0.25, 0.3) is 0 Å². The Labute approximate surface area is 170 Å². The van der Waals surface area contributed by atoms with Gasteiger partial charge in [0.15, 0.2) is 0 Å². The molecule has 0 aliphatic heterocycles. The van der Waals surface area contributed by atoms with Gasteiger partial charge in [0, 0.05) is 12.1 Å². The Kier molecular flexibility index (Phi) is 5.47. The molecule has 0 saturated carbocycles. The fraction of sp³-hybridized carbons (Fsp3) is 0.250. The molecule has 3 aromatic rings. The van der Waals surface area contributed by atoms with Crippen LogP contribution in [0.4, 0.5) is 5.82 Å². The number of rotatable bonds is 6. The summed E-state index contributed by atoms with van der Waals surface area (Å²) in [5.41, 5.74) is 11.4. The smallest absolute Gasteiger partial charge is 0.303 e. The molecule has 5 nitrogen and oxygen atoms in total. The molecule has 0 fully saturated rings. The highest BCUT2D eigenvalue weighted by molar-refractivity contribution is 5.68. The zero-order valence-corrected chi connectivity index (χ0v) is 16.2. The molecule has 148 valence electrons. The van der Waals surface area contributed by atoms with Crippen LogP contribution in [0, 0.1) is 0 Å². The van der Waals surface area contributed by atoms with Gasteiger partial charge in [0.1, 0.15) is 11.6 Å². The summed E-state index contributed by atoms with van der Waals surface area (Å²) in [7, 11) is 0. The number of ether oxygens (including phenoxy) is 1. The van der Waals surface area contributed by atoms with E-state index in [-0.39, 0.29) is 12.3 Å². The molecule has 0 spiro atoms. The van der Waals surface area contributed by atoms with Crippen LogP contribution in [0.3, 0.4) is 0 Å². The largest absolute Gasteiger partial charge is 0.493 e. The summed E-state index contributed by atoms with van der Waals surface area (Å²) >= 11 is 0. The number of hydrogen-bond donors (Lipinski definition) is 2. The number of fused-ring (bicyclic) bond motifs is 2. The summed E-state index contributed by atoms with van der Waals surface area (Å²) in [6, 6.07) is 19.9. The van der Waals surface area contributed by atoms with Crippen LogP contribution in [0.1, 0.15) is 40.3 Å². The van der Waals surface area contributed by atoms with Gasteiger partial charge in [-0.05, 0) is 65.3 Å². The molecule has 0 saturated heterocycles. The molecule has 3 N–H and O–H groups in total. The molecule has 0 radical (unpaired) electrons. The van der Waals surface area contributed by atoms with Crippen LogP contribution in [-0.2, 0) is 24.1 Å². The lowest BCUT2D eigenvalue weighted by molar-refractivity contribution is -0.137. The summed E-state index contributed by atoms with van der Waals surface area (Å²) in [6.07, 6.45) is 2.34. The zero-order valence-electron chi connectivity index (χ0n) is 16.2. The third kappa shape index (κ3) is 4.57. The fourth-order valence-corrected chi connectivity index (χ4v) is 4.03. The maximum absolute atomic E-state index is 11.4. The number of nitrogens with two attached hydrogens (primary N) is 1. The van der Waals surface area contributed by atoms with Gasteiger partial charge in [-0.1, -0.05) is 36.4 Å². The fourth-order valence-electron chi connectivity index (χ4n) is 4.03. The number of nitrogens with zero attached hydrogens (tertiary/aromatic N) is 1. The summed E-state index contributed by atoms with van der Waals surface area (Å²) < 4.78 is 5.96. The molecule has 29 heavy (non-hydrogen) atoms. The minimum Gasteiger partial charge on any atom is -0.493 e. The van der Waals surface area contributed by atoms with E-state index in [4.69, 9.17) is 10.5 Å². The molecule has 1 aromatic heterocycles. The van der Waals surface area contributed by atoms with Gasteiger partial charge in [-0.15, -0.1) is 0 Å². The number of carboxylic acids is 1. The van der Waals surface area contributed by atoms with Gasteiger partial charge in [-0.3, -0.25) is 4.79 Å². The highest BCUT2D eigenvalue weighted by atomic mass is 16.5. The summed E-state index contributed by atoms with van der Waals surface area (Å²) in [4.78, 5) is 15.7. The second-order valence-electron chi connectivity index (χ2n) is 7.46. The normalized spacial score (nSPS) is 15.1. The first-order valence-corrected chi connectivity index (χ1v) is 9.84. The number of aromatic nitrogens is 1. The highest BCUT2D eigenvalue weighted by Crippen LogP contribution is 2.35. The van der Waals surface area contributed by atoms with E-state index in [0.717, 1.165) is 29.8 Å². The summed E-state index contributed by atoms with van der Waals surface area (Å²) in [5, 5.41) is 9.35. The van der Waals surface area contributed by atoms with Crippen molar-refractivity contribution in [3.8, 4) is 5.75 Å². The maximum Gasteiger partial charge on any atom is 0.303 e. The number of carboxylic acid groups (broad SMARTS) is 1. The molecule has 1 aliphatic carbocycles. The Morgan fingerprint density at radius 1 is 1.07 bits per heavy atom. The predicted octanol–water partition coefficient (Wildman–Crippen LogP) is 3.99. The van der Waals surface area contributed by atoms with Gasteiger partial charge >= 0.3 is 5.97 Å². The van der Waals surface area contributed by atoms with Crippen molar-refractivity contribution in [3.63, 3.8) is 0 Å². The minimum absolute atomic E-state index is 0.00803. The number of nitrogen functional groups attached to an aromatic ring is 1. The average molecular weight is 388 g/mol. The number of pyridine rings is 1. The molecule has 1 aliphatic rings. The quantitative estimate of drug-likeness (QED) is 0.667. The first kappa shape index (κ1) is 19.0. The van der Waals surface area contributed by atoms with Crippen LogP contribution in [0.15, 0.2) is 60.7 Å². The monoisotopic (exact) mass is 388 g/mol. The van der Waals surface area contributed by atoms with Crippen molar-refractivity contribution in [1.29, 1.82) is 0 Å². The van der Waals surface area contributed by atoms with Crippen molar-refractivity contribution in [3.05, 3.63) is 88.6 Å². The van der Waals surface area contributed by atoms with Crippen LogP contribution in [-0.4, -0.2) is 22.7 Å². The van der Waals surface area contributed by atoms with Crippen molar-refractivity contribution in [2.24, 2.45) is 0 Å². The topological polar surface area (TPSA) is 85.4 Å². The molecular formula is C24H24N2O3. The maximum atomic E-state index is 11.4. The molecule has 0 bridgehead atoms. The van der Waals surface area contributed by atoms with Crippen molar-refractivity contribution < 1.29 is 14.6 Å². The highest BCUT2D eigenvalue weighted by Gasteiger charge is 2.24. The van der Waals surface area contributed by atoms with E-state index < -0.39 is 5.97 Å². The van der Waals surface area contributed by atoms with Gasteiger partial charge in [0.05, 0.1) is 13.0 Å². The van der Waals surface area contributed by atoms with Crippen molar-refractivity contribution in [2.45, 2.75) is 31.6 Å². The van der Waals surface area contributed by atoms with Crippen LogP contribution >= 0.6 is 0 Å². The van der Waals surface area contributed by atoms with E-state index in [0.29, 0.717) is 18.8 Å². The van der Waals surface area contributed by atoms with E-state index in [9.17, 15) is 9.90 Å². The predicted molar refractivity (Wildman–Crippen MR) is 112 cm³/mol. The molecule has 2 aromatic carbocycles. The van der Waals surface area contributed by atoms with E-state index in [1.807, 2.05) is 30.3 Å². The van der Waals surface area contributed by atoms with E-state index in [2.05, 4.69) is 29.2 Å².